The first-order chi connectivity index (χ1) is 8.24. The number of allylic oxidation sites excluding steroid dienone is 2. The van der Waals surface area contributed by atoms with E-state index >= 15 is 0 Å². The molecule has 0 aromatic heterocycles. The Kier molecular flexibility index (Phi) is 4.34. The van der Waals surface area contributed by atoms with E-state index in [1.165, 1.54) is 6.08 Å². The zero-order valence-corrected chi connectivity index (χ0v) is 10.8. The van der Waals surface area contributed by atoms with Crippen LogP contribution in [0, 0.1) is 0 Å². The lowest BCUT2D eigenvalue weighted by Crippen LogP contribution is -1.85. The number of phenolic OH excluding ortho intramolecular Hbond substituents is 1. The van der Waals surface area contributed by atoms with Gasteiger partial charge < -0.3 is 5.11 Å². The van der Waals surface area contributed by atoms with Crippen molar-refractivity contribution in [2.75, 3.05) is 11.5 Å². The molecule has 0 radical (unpaired) electrons. The van der Waals surface area contributed by atoms with Crippen LogP contribution in [0.3, 0.4) is 0 Å². The molecule has 1 aliphatic heterocycles. The molecule has 0 bridgehead atoms. The largest absolute Gasteiger partial charge is 0.508 e. The van der Waals surface area contributed by atoms with E-state index in [0.717, 1.165) is 21.3 Å². The smallest absolute Gasteiger partial charge is 0.180 e. The highest BCUT2D eigenvalue weighted by molar-refractivity contribution is 8.25. The first-order valence-electron chi connectivity index (χ1n) is 5.22. The zero-order valence-electron chi connectivity index (χ0n) is 9.13. The Morgan fingerprint density at radius 3 is 2.76 bits per heavy atom. The quantitative estimate of drug-likeness (QED) is 0.850. The molecule has 1 fully saturated rings. The number of carbonyl (C=O) groups excluding carboxylic acids is 1. The first kappa shape index (κ1) is 12.3. The van der Waals surface area contributed by atoms with Crippen molar-refractivity contribution in [2.45, 2.75) is 0 Å². The normalized spacial score (nSPS) is 15.4. The lowest BCUT2D eigenvalue weighted by Gasteiger charge is -1.94. The van der Waals surface area contributed by atoms with Crippen LogP contribution in [0.5, 0.6) is 5.75 Å². The highest BCUT2D eigenvalue weighted by Gasteiger charge is 2.08. The summed E-state index contributed by atoms with van der Waals surface area (Å²) in [6.45, 7) is 0. The number of aromatic hydroxyl groups is 1. The van der Waals surface area contributed by atoms with Gasteiger partial charge in [0.1, 0.15) is 5.75 Å². The molecule has 2 rings (SSSR count). The Labute approximate surface area is 109 Å². The molecule has 17 heavy (non-hydrogen) atoms. The molecule has 0 aliphatic carbocycles. The lowest BCUT2D eigenvalue weighted by molar-refractivity contribution is -0.110. The molecule has 1 aliphatic rings. The molecular weight excluding hydrogens is 252 g/mol. The molecule has 1 aromatic carbocycles. The molecule has 2 nitrogen and oxygen atoms in total. The fraction of sp³-hybridized carbons (Fsp3) is 0.154. The van der Waals surface area contributed by atoms with Crippen LogP contribution >= 0.6 is 23.5 Å². The lowest BCUT2D eigenvalue weighted by atomic mass is 10.2. The maximum Gasteiger partial charge on any atom is 0.180 e. The summed E-state index contributed by atoms with van der Waals surface area (Å²) in [6.07, 6.45) is 4.91. The van der Waals surface area contributed by atoms with E-state index in [1.54, 1.807) is 53.9 Å². The Bertz CT molecular complexity index is 470. The van der Waals surface area contributed by atoms with Crippen molar-refractivity contribution < 1.29 is 9.90 Å². The number of rotatable bonds is 3. The van der Waals surface area contributed by atoms with Gasteiger partial charge in [-0.05, 0) is 23.8 Å². The molecule has 0 saturated carbocycles. The van der Waals surface area contributed by atoms with E-state index in [1.807, 2.05) is 6.07 Å². The van der Waals surface area contributed by atoms with E-state index < -0.39 is 0 Å². The SMILES string of the molecule is O=C(C=Cc1cccc(O)c1)C=C1SCCS1. The maximum atomic E-state index is 11.6. The van der Waals surface area contributed by atoms with Gasteiger partial charge in [-0.2, -0.15) is 0 Å². The van der Waals surface area contributed by atoms with Crippen molar-refractivity contribution >= 4 is 35.4 Å². The second-order valence-electron chi connectivity index (χ2n) is 3.49. The zero-order chi connectivity index (χ0) is 12.1. The van der Waals surface area contributed by atoms with Crippen molar-refractivity contribution in [2.24, 2.45) is 0 Å². The van der Waals surface area contributed by atoms with Gasteiger partial charge in [-0.3, -0.25) is 4.79 Å². The van der Waals surface area contributed by atoms with Gasteiger partial charge in [0.25, 0.3) is 0 Å². The van der Waals surface area contributed by atoms with Crippen LogP contribution in [0.2, 0.25) is 0 Å². The summed E-state index contributed by atoms with van der Waals surface area (Å²) in [5, 5.41) is 9.27. The van der Waals surface area contributed by atoms with Crippen LogP contribution in [-0.4, -0.2) is 22.4 Å². The highest BCUT2D eigenvalue weighted by atomic mass is 32.2. The standard InChI is InChI=1S/C13H12O2S2/c14-11-3-1-2-10(8-11)4-5-12(15)9-13-16-6-7-17-13/h1-5,8-9,14H,6-7H2. The molecule has 0 amide bonds. The summed E-state index contributed by atoms with van der Waals surface area (Å²) < 4.78 is 1.09. The average Bonchev–Trinajstić information content (AvgIpc) is 2.79. The molecule has 0 unspecified atom stereocenters. The van der Waals surface area contributed by atoms with Gasteiger partial charge >= 0.3 is 0 Å². The number of carbonyl (C=O) groups is 1. The molecule has 0 spiro atoms. The topological polar surface area (TPSA) is 37.3 Å². The average molecular weight is 264 g/mol. The third-order valence-electron chi connectivity index (χ3n) is 2.14. The summed E-state index contributed by atoms with van der Waals surface area (Å²) in [4.78, 5) is 11.6. The second kappa shape index (κ2) is 5.98. The van der Waals surface area contributed by atoms with Gasteiger partial charge in [-0.1, -0.05) is 18.2 Å². The van der Waals surface area contributed by atoms with E-state index in [0.29, 0.717) is 0 Å². The van der Waals surface area contributed by atoms with Crippen LogP contribution in [0.15, 0.2) is 40.7 Å². The predicted molar refractivity (Wildman–Crippen MR) is 75.1 cm³/mol. The molecule has 1 heterocycles. The summed E-state index contributed by atoms with van der Waals surface area (Å²) in [7, 11) is 0. The van der Waals surface area contributed by atoms with Crippen molar-refractivity contribution in [3.05, 3.63) is 46.2 Å². The van der Waals surface area contributed by atoms with E-state index in [2.05, 4.69) is 0 Å². The van der Waals surface area contributed by atoms with E-state index in [-0.39, 0.29) is 11.5 Å². The molecule has 88 valence electrons. The number of hydrogen-bond donors (Lipinski definition) is 1. The van der Waals surface area contributed by atoms with Crippen LogP contribution < -0.4 is 0 Å². The highest BCUT2D eigenvalue weighted by Crippen LogP contribution is 2.35. The van der Waals surface area contributed by atoms with Gasteiger partial charge in [-0.15, -0.1) is 23.5 Å². The number of hydrogen-bond acceptors (Lipinski definition) is 4. The summed E-state index contributed by atoms with van der Waals surface area (Å²) in [5.41, 5.74) is 0.823. The first-order valence-corrected chi connectivity index (χ1v) is 7.19. The van der Waals surface area contributed by atoms with Gasteiger partial charge in [0.15, 0.2) is 5.78 Å². The van der Waals surface area contributed by atoms with E-state index in [4.69, 9.17) is 0 Å². The van der Waals surface area contributed by atoms with Crippen LogP contribution in [0.4, 0.5) is 0 Å². The summed E-state index contributed by atoms with van der Waals surface area (Å²) in [6, 6.07) is 6.82. The van der Waals surface area contributed by atoms with Gasteiger partial charge in [0, 0.05) is 21.8 Å². The summed E-state index contributed by atoms with van der Waals surface area (Å²) in [5.74, 6) is 2.37. The fourth-order valence-electron chi connectivity index (χ4n) is 1.38. The molecule has 4 heteroatoms. The monoisotopic (exact) mass is 264 g/mol. The van der Waals surface area contributed by atoms with Crippen molar-refractivity contribution in [1.82, 2.24) is 0 Å². The minimum absolute atomic E-state index is 0.00903. The number of ketones is 1. The molecule has 1 aromatic rings. The van der Waals surface area contributed by atoms with E-state index in [9.17, 15) is 9.90 Å². The third-order valence-corrected chi connectivity index (χ3v) is 4.73. The Morgan fingerprint density at radius 2 is 2.06 bits per heavy atom. The van der Waals surface area contributed by atoms with Crippen LogP contribution in [0.25, 0.3) is 6.08 Å². The number of phenols is 1. The fourth-order valence-corrected chi connectivity index (χ4v) is 3.68. The van der Waals surface area contributed by atoms with Crippen molar-refractivity contribution in [1.29, 1.82) is 0 Å². The predicted octanol–water partition coefficient (Wildman–Crippen LogP) is 3.30. The Hall–Kier alpha value is -1.13. The van der Waals surface area contributed by atoms with Gasteiger partial charge in [0.2, 0.25) is 0 Å². The molecule has 1 saturated heterocycles. The third kappa shape index (κ3) is 3.98. The minimum atomic E-state index is -0.00903. The van der Waals surface area contributed by atoms with Crippen molar-refractivity contribution in [3.8, 4) is 5.75 Å². The number of benzene rings is 1. The van der Waals surface area contributed by atoms with Crippen LogP contribution in [-0.2, 0) is 4.79 Å². The maximum absolute atomic E-state index is 11.6. The molecular formula is C13H12O2S2. The van der Waals surface area contributed by atoms with Gasteiger partial charge in [-0.25, -0.2) is 0 Å². The van der Waals surface area contributed by atoms with Gasteiger partial charge in [0.05, 0.1) is 0 Å². The number of thioether (sulfide) groups is 2. The summed E-state index contributed by atoms with van der Waals surface area (Å²) >= 11 is 3.45. The van der Waals surface area contributed by atoms with Crippen LogP contribution in [0.1, 0.15) is 5.56 Å². The minimum Gasteiger partial charge on any atom is -0.508 e. The second-order valence-corrected chi connectivity index (χ2v) is 6.02. The Morgan fingerprint density at radius 1 is 1.29 bits per heavy atom. The van der Waals surface area contributed by atoms with Crippen molar-refractivity contribution in [3.63, 3.8) is 0 Å². The Balaban J connectivity index is 2.00. The molecule has 0 atom stereocenters. The molecule has 1 N–H and O–H groups in total.